The number of hydrogen-bond acceptors (Lipinski definition) is 4. The molecule has 2 aromatic heterocycles. The van der Waals surface area contributed by atoms with Crippen molar-refractivity contribution in [1.29, 1.82) is 0 Å². The highest BCUT2D eigenvalue weighted by Gasteiger charge is 2.10. The molecule has 0 aromatic carbocycles. The number of furan rings is 1. The molecule has 84 valence electrons. The van der Waals surface area contributed by atoms with Gasteiger partial charge in [0.15, 0.2) is 5.82 Å². The van der Waals surface area contributed by atoms with Gasteiger partial charge in [-0.05, 0) is 19.1 Å². The van der Waals surface area contributed by atoms with Crippen molar-refractivity contribution in [2.75, 3.05) is 5.32 Å². The molecule has 0 aliphatic carbocycles. The van der Waals surface area contributed by atoms with Crippen molar-refractivity contribution < 1.29 is 4.42 Å². The molecule has 2 aromatic rings. The number of nitrogens with zero attached hydrogens (tertiary/aromatic N) is 2. The third kappa shape index (κ3) is 1.98. The average molecular weight is 219 g/mol. The second-order valence-electron chi connectivity index (χ2n) is 3.57. The summed E-state index contributed by atoms with van der Waals surface area (Å²) in [7, 11) is 1.69. The van der Waals surface area contributed by atoms with Gasteiger partial charge in [0, 0.05) is 19.4 Å². The Morgan fingerprint density at radius 1 is 1.56 bits per heavy atom. The number of aromatic nitrogens is 2. The van der Waals surface area contributed by atoms with Crippen molar-refractivity contribution in [3.63, 3.8) is 0 Å². The number of nitrogens with one attached hydrogen (secondary N) is 1. The van der Waals surface area contributed by atoms with Crippen LogP contribution in [-0.4, -0.2) is 9.55 Å². The highest BCUT2D eigenvalue weighted by molar-refractivity contribution is 5.33. The molecule has 0 bridgehead atoms. The Morgan fingerprint density at radius 2 is 2.38 bits per heavy atom. The first-order valence-corrected chi connectivity index (χ1v) is 5.00. The van der Waals surface area contributed by atoms with Gasteiger partial charge in [0.2, 0.25) is 0 Å². The van der Waals surface area contributed by atoms with E-state index in [1.165, 1.54) is 4.57 Å². The predicted octanol–water partition coefficient (Wildman–Crippen LogP) is 1.55. The summed E-state index contributed by atoms with van der Waals surface area (Å²) in [6, 6.07) is 3.58. The molecule has 16 heavy (non-hydrogen) atoms. The monoisotopic (exact) mass is 219 g/mol. The zero-order chi connectivity index (χ0) is 11.5. The van der Waals surface area contributed by atoms with Gasteiger partial charge >= 0.3 is 0 Å². The summed E-state index contributed by atoms with van der Waals surface area (Å²) < 4.78 is 6.71. The van der Waals surface area contributed by atoms with E-state index in [0.29, 0.717) is 5.82 Å². The maximum Gasteiger partial charge on any atom is 0.293 e. The van der Waals surface area contributed by atoms with Crippen LogP contribution in [0, 0.1) is 0 Å². The second kappa shape index (κ2) is 4.22. The summed E-state index contributed by atoms with van der Waals surface area (Å²) in [5, 5.41) is 3.02. The molecule has 5 heteroatoms. The van der Waals surface area contributed by atoms with E-state index in [1.807, 2.05) is 19.1 Å². The molecule has 0 amide bonds. The highest BCUT2D eigenvalue weighted by atomic mass is 16.3. The summed E-state index contributed by atoms with van der Waals surface area (Å²) >= 11 is 0. The number of aryl methyl sites for hydroxylation is 1. The minimum Gasteiger partial charge on any atom is -0.467 e. The molecule has 0 saturated carbocycles. The average Bonchev–Trinajstić information content (AvgIpc) is 2.78. The summed E-state index contributed by atoms with van der Waals surface area (Å²) in [6.45, 7) is 1.91. The number of rotatable bonds is 3. The van der Waals surface area contributed by atoms with Gasteiger partial charge in [0.25, 0.3) is 5.56 Å². The van der Waals surface area contributed by atoms with Gasteiger partial charge < -0.3 is 14.3 Å². The molecule has 1 atom stereocenters. The maximum absolute atomic E-state index is 11.7. The Kier molecular flexibility index (Phi) is 2.76. The van der Waals surface area contributed by atoms with Gasteiger partial charge in [-0.2, -0.15) is 0 Å². The molecule has 2 rings (SSSR count). The number of anilines is 1. The van der Waals surface area contributed by atoms with Crippen molar-refractivity contribution >= 4 is 5.82 Å². The fraction of sp³-hybridized carbons (Fsp3) is 0.273. The van der Waals surface area contributed by atoms with Crippen LogP contribution < -0.4 is 10.9 Å². The topological polar surface area (TPSA) is 60.1 Å². The quantitative estimate of drug-likeness (QED) is 0.850. The van der Waals surface area contributed by atoms with Crippen LogP contribution >= 0.6 is 0 Å². The van der Waals surface area contributed by atoms with E-state index >= 15 is 0 Å². The van der Waals surface area contributed by atoms with Crippen molar-refractivity contribution in [2.45, 2.75) is 13.0 Å². The molecule has 0 saturated heterocycles. The van der Waals surface area contributed by atoms with Crippen LogP contribution in [0.25, 0.3) is 0 Å². The zero-order valence-corrected chi connectivity index (χ0v) is 9.18. The first-order chi connectivity index (χ1) is 7.68. The number of hydrogen-bond donors (Lipinski definition) is 1. The predicted molar refractivity (Wildman–Crippen MR) is 60.2 cm³/mol. The first-order valence-electron chi connectivity index (χ1n) is 5.00. The molecular weight excluding hydrogens is 206 g/mol. The van der Waals surface area contributed by atoms with E-state index in [9.17, 15) is 4.79 Å². The largest absolute Gasteiger partial charge is 0.467 e. The van der Waals surface area contributed by atoms with E-state index in [1.54, 1.807) is 25.7 Å². The third-order valence-corrected chi connectivity index (χ3v) is 2.34. The molecule has 1 N–H and O–H groups in total. The molecule has 5 nitrogen and oxygen atoms in total. The van der Waals surface area contributed by atoms with Gasteiger partial charge in [-0.25, -0.2) is 4.98 Å². The van der Waals surface area contributed by atoms with Crippen LogP contribution in [0.15, 0.2) is 40.0 Å². The molecular formula is C11H13N3O2. The van der Waals surface area contributed by atoms with E-state index in [0.717, 1.165) is 5.76 Å². The van der Waals surface area contributed by atoms with Crippen LogP contribution in [0.5, 0.6) is 0 Å². The Balaban J connectivity index is 2.22. The van der Waals surface area contributed by atoms with Gasteiger partial charge in [0.05, 0.1) is 12.3 Å². The van der Waals surface area contributed by atoms with E-state index in [4.69, 9.17) is 4.42 Å². The summed E-state index contributed by atoms with van der Waals surface area (Å²) in [5.41, 5.74) is -0.152. The Labute approximate surface area is 92.7 Å². The van der Waals surface area contributed by atoms with Crippen LogP contribution in [0.1, 0.15) is 18.7 Å². The molecule has 0 radical (unpaired) electrons. The Bertz CT molecular complexity index is 516. The molecule has 0 fully saturated rings. The summed E-state index contributed by atoms with van der Waals surface area (Å²) in [6.07, 6.45) is 4.80. The molecule has 0 spiro atoms. The van der Waals surface area contributed by atoms with E-state index < -0.39 is 0 Å². The van der Waals surface area contributed by atoms with Gasteiger partial charge in [0.1, 0.15) is 5.76 Å². The fourth-order valence-corrected chi connectivity index (χ4v) is 1.41. The smallest absolute Gasteiger partial charge is 0.293 e. The van der Waals surface area contributed by atoms with E-state index in [2.05, 4.69) is 10.3 Å². The lowest BCUT2D eigenvalue weighted by Crippen LogP contribution is -2.23. The molecule has 0 aliphatic heterocycles. The summed E-state index contributed by atoms with van der Waals surface area (Å²) in [4.78, 5) is 15.7. The highest BCUT2D eigenvalue weighted by Crippen LogP contribution is 2.15. The van der Waals surface area contributed by atoms with Gasteiger partial charge in [-0.3, -0.25) is 4.79 Å². The van der Waals surface area contributed by atoms with Gasteiger partial charge in [-0.15, -0.1) is 0 Å². The lowest BCUT2D eigenvalue weighted by molar-refractivity contribution is 0.490. The lowest BCUT2D eigenvalue weighted by atomic mass is 10.2. The minimum absolute atomic E-state index is 0.0856. The standard InChI is InChI=1S/C11H13N3O2/c1-8(9-4-3-7-16-9)13-10-11(15)14(2)6-5-12-10/h3-8H,1-2H3,(H,12,13). The zero-order valence-electron chi connectivity index (χ0n) is 9.18. The Hall–Kier alpha value is -2.04. The van der Waals surface area contributed by atoms with Crippen LogP contribution in [0.4, 0.5) is 5.82 Å². The van der Waals surface area contributed by atoms with Crippen molar-refractivity contribution in [3.8, 4) is 0 Å². The first kappa shape index (κ1) is 10.5. The minimum atomic E-state index is -0.152. The van der Waals surface area contributed by atoms with Crippen LogP contribution in [0.3, 0.4) is 0 Å². The second-order valence-corrected chi connectivity index (χ2v) is 3.57. The van der Waals surface area contributed by atoms with Crippen LogP contribution in [0.2, 0.25) is 0 Å². The van der Waals surface area contributed by atoms with Crippen LogP contribution in [-0.2, 0) is 7.05 Å². The maximum atomic E-state index is 11.7. The van der Waals surface area contributed by atoms with Crippen molar-refractivity contribution in [3.05, 3.63) is 46.9 Å². The molecule has 0 aliphatic rings. The van der Waals surface area contributed by atoms with E-state index in [-0.39, 0.29) is 11.6 Å². The van der Waals surface area contributed by atoms with Crippen molar-refractivity contribution in [1.82, 2.24) is 9.55 Å². The normalized spacial score (nSPS) is 12.4. The summed E-state index contributed by atoms with van der Waals surface area (Å²) in [5.74, 6) is 1.10. The molecule has 2 heterocycles. The third-order valence-electron chi connectivity index (χ3n) is 2.34. The lowest BCUT2D eigenvalue weighted by Gasteiger charge is -2.11. The SMILES string of the molecule is CC(Nc1nccn(C)c1=O)c1ccco1. The van der Waals surface area contributed by atoms with Crippen molar-refractivity contribution in [2.24, 2.45) is 7.05 Å². The van der Waals surface area contributed by atoms with Gasteiger partial charge in [-0.1, -0.05) is 0 Å². The fourth-order valence-electron chi connectivity index (χ4n) is 1.41. The Morgan fingerprint density at radius 3 is 3.06 bits per heavy atom. The molecule has 1 unspecified atom stereocenters.